The largest absolute Gasteiger partial charge is 0.383 e. The van der Waals surface area contributed by atoms with Crippen molar-refractivity contribution in [3.8, 4) is 0 Å². The van der Waals surface area contributed by atoms with Crippen molar-refractivity contribution in [1.82, 2.24) is 4.57 Å². The van der Waals surface area contributed by atoms with Gasteiger partial charge in [-0.05, 0) is 35.9 Å². The van der Waals surface area contributed by atoms with Gasteiger partial charge in [0.2, 0.25) is 0 Å². The lowest BCUT2D eigenvalue weighted by atomic mass is 10.2. The molecule has 0 saturated carbocycles. The number of hydrogen-bond donors (Lipinski definition) is 0. The number of benzene rings is 2. The summed E-state index contributed by atoms with van der Waals surface area (Å²) < 4.78 is 21.2. The topological polar surface area (TPSA) is 43.6 Å². The normalized spacial score (nSPS) is 12.3. The van der Waals surface area contributed by atoms with Crippen molar-refractivity contribution in [3.05, 3.63) is 69.7 Å². The van der Waals surface area contributed by atoms with Crippen molar-refractivity contribution in [2.45, 2.75) is 6.54 Å². The molecule has 0 atom stereocenters. The molecule has 134 valence electrons. The van der Waals surface area contributed by atoms with Crippen molar-refractivity contribution in [2.24, 2.45) is 4.99 Å². The molecule has 0 bridgehead atoms. The Hall–Kier alpha value is -2.28. The number of halogens is 2. The van der Waals surface area contributed by atoms with Gasteiger partial charge in [-0.1, -0.05) is 41.1 Å². The molecule has 0 unspecified atom stereocenters. The molecule has 2 aromatic carbocycles. The Bertz CT molecular complexity index is 1040. The Kier molecular flexibility index (Phi) is 5.98. The summed E-state index contributed by atoms with van der Waals surface area (Å²) in [7, 11) is 1.60. The highest BCUT2D eigenvalue weighted by atomic mass is 35.5. The van der Waals surface area contributed by atoms with Gasteiger partial charge >= 0.3 is 0 Å². The summed E-state index contributed by atoms with van der Waals surface area (Å²) in [6.45, 7) is 0.975. The zero-order valence-electron chi connectivity index (χ0n) is 14.0. The molecule has 1 heterocycles. The third-order valence-corrected chi connectivity index (χ3v) is 5.07. The van der Waals surface area contributed by atoms with E-state index in [0.29, 0.717) is 23.0 Å². The molecule has 4 nitrogen and oxygen atoms in total. The Balaban J connectivity index is 1.97. The summed E-state index contributed by atoms with van der Waals surface area (Å²) in [5.41, 5.74) is 1.55. The molecule has 0 aliphatic carbocycles. The molecule has 3 rings (SSSR count). The van der Waals surface area contributed by atoms with Crippen molar-refractivity contribution >= 4 is 45.1 Å². The smallest absolute Gasteiger partial charge is 0.272 e. The Morgan fingerprint density at radius 3 is 2.92 bits per heavy atom. The van der Waals surface area contributed by atoms with Crippen LogP contribution >= 0.6 is 22.9 Å². The average Bonchev–Trinajstić information content (AvgIpc) is 2.95. The Morgan fingerprint density at radius 2 is 2.15 bits per heavy atom. The minimum atomic E-state index is -0.414. The van der Waals surface area contributed by atoms with Crippen molar-refractivity contribution in [2.75, 3.05) is 13.7 Å². The van der Waals surface area contributed by atoms with E-state index in [1.807, 2.05) is 22.8 Å². The van der Waals surface area contributed by atoms with Gasteiger partial charge in [-0.2, -0.15) is 4.99 Å². The van der Waals surface area contributed by atoms with Gasteiger partial charge in [0.25, 0.3) is 5.91 Å². The third-order valence-electron chi connectivity index (χ3n) is 3.68. The Labute approximate surface area is 158 Å². The number of ether oxygens (including phenoxy) is 1. The lowest BCUT2D eigenvalue weighted by molar-refractivity contribution is -0.113. The summed E-state index contributed by atoms with van der Waals surface area (Å²) in [5.74, 6) is -0.739. The molecule has 0 radical (unpaired) electrons. The molecule has 0 saturated heterocycles. The number of nitrogens with zero attached hydrogens (tertiary/aromatic N) is 2. The van der Waals surface area contributed by atoms with Gasteiger partial charge in [0.05, 0.1) is 16.8 Å². The summed E-state index contributed by atoms with van der Waals surface area (Å²) in [6.07, 6.45) is 2.99. The van der Waals surface area contributed by atoms with Crippen LogP contribution in [0.1, 0.15) is 5.56 Å². The van der Waals surface area contributed by atoms with Crippen LogP contribution in [0.4, 0.5) is 4.39 Å². The second-order valence-corrected chi connectivity index (χ2v) is 6.86. The molecular weight excluding hydrogens is 375 g/mol. The van der Waals surface area contributed by atoms with Crippen LogP contribution in [0.3, 0.4) is 0 Å². The van der Waals surface area contributed by atoms with E-state index in [2.05, 4.69) is 4.99 Å². The number of carbonyl (C=O) groups excluding carboxylic acids is 1. The summed E-state index contributed by atoms with van der Waals surface area (Å²) in [5, 5.41) is 0.559. The quantitative estimate of drug-likeness (QED) is 0.610. The zero-order chi connectivity index (χ0) is 18.5. The fraction of sp³-hybridized carbons (Fsp3) is 0.158. The average molecular weight is 391 g/mol. The molecule has 7 heteroatoms. The number of thiazole rings is 1. The number of amides is 1. The second-order valence-electron chi connectivity index (χ2n) is 5.45. The van der Waals surface area contributed by atoms with Crippen LogP contribution in [-0.4, -0.2) is 24.2 Å². The summed E-state index contributed by atoms with van der Waals surface area (Å²) in [6, 6.07) is 11.7. The molecule has 1 aromatic heterocycles. The SMILES string of the molecule is COCCn1c(=NC(=O)C=Cc2ccccc2Cl)sc2cc(F)ccc21. The Morgan fingerprint density at radius 1 is 1.35 bits per heavy atom. The van der Waals surface area contributed by atoms with Crippen molar-refractivity contribution in [3.63, 3.8) is 0 Å². The highest BCUT2D eigenvalue weighted by molar-refractivity contribution is 7.16. The maximum atomic E-state index is 13.5. The van der Waals surface area contributed by atoms with E-state index in [9.17, 15) is 9.18 Å². The standard InChI is InChI=1S/C19H16ClFN2O2S/c1-25-11-10-23-16-8-7-14(21)12-17(16)26-19(23)22-18(24)9-6-13-4-2-3-5-15(13)20/h2-9,12H,10-11H2,1H3. The number of fused-ring (bicyclic) bond motifs is 1. The number of aromatic nitrogens is 1. The predicted molar refractivity (Wildman–Crippen MR) is 103 cm³/mol. The van der Waals surface area contributed by atoms with Gasteiger partial charge in [-0.15, -0.1) is 0 Å². The number of methoxy groups -OCH3 is 1. The summed E-state index contributed by atoms with van der Waals surface area (Å²) >= 11 is 7.34. The monoisotopic (exact) mass is 390 g/mol. The van der Waals surface area contributed by atoms with Gasteiger partial charge in [-0.25, -0.2) is 4.39 Å². The first-order chi connectivity index (χ1) is 12.6. The van der Waals surface area contributed by atoms with Gasteiger partial charge in [0.1, 0.15) is 5.82 Å². The molecule has 0 aliphatic rings. The van der Waals surface area contributed by atoms with E-state index < -0.39 is 5.91 Å². The first-order valence-corrected chi connectivity index (χ1v) is 9.07. The lowest BCUT2D eigenvalue weighted by Crippen LogP contribution is -2.18. The molecule has 0 fully saturated rings. The number of hydrogen-bond acceptors (Lipinski definition) is 3. The fourth-order valence-electron chi connectivity index (χ4n) is 2.43. The fourth-order valence-corrected chi connectivity index (χ4v) is 3.72. The van der Waals surface area contributed by atoms with Crippen molar-refractivity contribution in [1.29, 1.82) is 0 Å². The number of rotatable bonds is 5. The van der Waals surface area contributed by atoms with Gasteiger partial charge in [-0.3, -0.25) is 4.79 Å². The number of carbonyl (C=O) groups is 1. The molecule has 0 spiro atoms. The minimum absolute atomic E-state index is 0.325. The van der Waals surface area contributed by atoms with Crippen LogP contribution in [0.5, 0.6) is 0 Å². The molecule has 1 amide bonds. The van der Waals surface area contributed by atoms with Gasteiger partial charge in [0.15, 0.2) is 4.80 Å². The molecular formula is C19H16ClFN2O2S. The molecule has 0 N–H and O–H groups in total. The van der Waals surface area contributed by atoms with Crippen LogP contribution in [-0.2, 0) is 16.1 Å². The van der Waals surface area contributed by atoms with E-state index in [1.54, 1.807) is 25.3 Å². The van der Waals surface area contributed by atoms with Crippen LogP contribution < -0.4 is 4.80 Å². The minimum Gasteiger partial charge on any atom is -0.383 e. The van der Waals surface area contributed by atoms with Crippen LogP contribution in [0.25, 0.3) is 16.3 Å². The first-order valence-electron chi connectivity index (χ1n) is 7.87. The van der Waals surface area contributed by atoms with Crippen LogP contribution in [0, 0.1) is 5.82 Å². The van der Waals surface area contributed by atoms with Gasteiger partial charge in [0, 0.05) is 24.8 Å². The predicted octanol–water partition coefficient (Wildman–Crippen LogP) is 4.28. The first kappa shape index (κ1) is 18.5. The molecule has 26 heavy (non-hydrogen) atoms. The zero-order valence-corrected chi connectivity index (χ0v) is 15.6. The van der Waals surface area contributed by atoms with E-state index in [4.69, 9.17) is 16.3 Å². The van der Waals surface area contributed by atoms with E-state index >= 15 is 0 Å². The van der Waals surface area contributed by atoms with Crippen LogP contribution in [0.15, 0.2) is 53.5 Å². The maximum Gasteiger partial charge on any atom is 0.272 e. The molecule has 3 aromatic rings. The summed E-state index contributed by atoms with van der Waals surface area (Å²) in [4.78, 5) is 16.9. The highest BCUT2D eigenvalue weighted by Gasteiger charge is 2.08. The van der Waals surface area contributed by atoms with Gasteiger partial charge < -0.3 is 9.30 Å². The lowest BCUT2D eigenvalue weighted by Gasteiger charge is -2.03. The van der Waals surface area contributed by atoms with E-state index in [1.165, 1.54) is 29.5 Å². The van der Waals surface area contributed by atoms with Crippen molar-refractivity contribution < 1.29 is 13.9 Å². The third kappa shape index (κ3) is 4.27. The van der Waals surface area contributed by atoms with E-state index in [-0.39, 0.29) is 5.82 Å². The highest BCUT2D eigenvalue weighted by Crippen LogP contribution is 2.19. The van der Waals surface area contributed by atoms with E-state index in [0.717, 1.165) is 15.8 Å². The molecule has 0 aliphatic heterocycles. The van der Waals surface area contributed by atoms with Crippen LogP contribution in [0.2, 0.25) is 5.02 Å². The maximum absolute atomic E-state index is 13.5. The second kappa shape index (κ2) is 8.40.